The third kappa shape index (κ3) is 3.89. The molecule has 0 saturated carbocycles. The lowest BCUT2D eigenvalue weighted by Gasteiger charge is -2.33. The molecule has 1 N–H and O–H groups in total. The minimum atomic E-state index is -3.73. The van der Waals surface area contributed by atoms with Gasteiger partial charge in [-0.1, -0.05) is 36.2 Å². The number of benzene rings is 1. The van der Waals surface area contributed by atoms with Crippen molar-refractivity contribution in [2.75, 3.05) is 11.9 Å². The average Bonchev–Trinajstić information content (AvgIpc) is 3.04. The zero-order valence-corrected chi connectivity index (χ0v) is 16.1. The molecule has 134 valence electrons. The first kappa shape index (κ1) is 18.4. The van der Waals surface area contributed by atoms with E-state index in [0.29, 0.717) is 23.0 Å². The highest BCUT2D eigenvalue weighted by Gasteiger charge is 2.38. The highest BCUT2D eigenvalue weighted by molar-refractivity contribution is 7.91. The molecule has 1 atom stereocenters. The Kier molecular flexibility index (Phi) is 5.48. The number of aryl methyl sites for hydroxylation is 1. The van der Waals surface area contributed by atoms with Crippen molar-refractivity contribution in [2.45, 2.75) is 36.4 Å². The molecule has 1 aromatic carbocycles. The first-order valence-electron chi connectivity index (χ1n) is 8.03. The third-order valence-electron chi connectivity index (χ3n) is 4.27. The summed E-state index contributed by atoms with van der Waals surface area (Å²) in [5, 5.41) is 2.87. The number of piperidine rings is 1. The molecule has 25 heavy (non-hydrogen) atoms. The number of thiophene rings is 1. The SMILES string of the molecule is Cc1ccccc1NC(=O)[C@H]1CCCCN1S(=O)(=O)c1ccc(Cl)s1. The Labute approximate surface area is 156 Å². The third-order valence-corrected chi connectivity index (χ3v) is 7.88. The Hall–Kier alpha value is -1.41. The molecule has 1 aliphatic rings. The maximum Gasteiger partial charge on any atom is 0.253 e. The summed E-state index contributed by atoms with van der Waals surface area (Å²) in [5.74, 6) is -0.291. The lowest BCUT2D eigenvalue weighted by molar-refractivity contribution is -0.120. The predicted molar refractivity (Wildman–Crippen MR) is 101 cm³/mol. The Morgan fingerprint density at radius 2 is 2.00 bits per heavy atom. The van der Waals surface area contributed by atoms with Crippen molar-refractivity contribution >= 4 is 44.6 Å². The van der Waals surface area contributed by atoms with E-state index >= 15 is 0 Å². The molecule has 1 aromatic heterocycles. The van der Waals surface area contributed by atoms with Gasteiger partial charge in [0.2, 0.25) is 5.91 Å². The Morgan fingerprint density at radius 1 is 1.24 bits per heavy atom. The van der Waals surface area contributed by atoms with E-state index in [0.717, 1.165) is 29.7 Å². The first-order valence-corrected chi connectivity index (χ1v) is 10.7. The molecule has 0 bridgehead atoms. The van der Waals surface area contributed by atoms with Gasteiger partial charge in [-0.15, -0.1) is 11.3 Å². The van der Waals surface area contributed by atoms with Crippen LogP contribution in [0.4, 0.5) is 5.69 Å². The number of para-hydroxylation sites is 1. The fraction of sp³-hybridized carbons (Fsp3) is 0.353. The Balaban J connectivity index is 1.86. The van der Waals surface area contributed by atoms with Crippen LogP contribution in [-0.4, -0.2) is 31.2 Å². The second-order valence-corrected chi connectivity index (χ2v) is 9.82. The van der Waals surface area contributed by atoms with Gasteiger partial charge in [0.1, 0.15) is 10.3 Å². The molecule has 0 radical (unpaired) electrons. The average molecular weight is 399 g/mol. The van der Waals surface area contributed by atoms with Gasteiger partial charge >= 0.3 is 0 Å². The lowest BCUT2D eigenvalue weighted by Crippen LogP contribution is -2.49. The molecule has 5 nitrogen and oxygen atoms in total. The van der Waals surface area contributed by atoms with E-state index in [2.05, 4.69) is 5.32 Å². The highest BCUT2D eigenvalue weighted by atomic mass is 35.5. The fourth-order valence-electron chi connectivity index (χ4n) is 2.94. The van der Waals surface area contributed by atoms with Crippen molar-refractivity contribution in [1.82, 2.24) is 4.31 Å². The van der Waals surface area contributed by atoms with Crippen molar-refractivity contribution in [3.05, 3.63) is 46.3 Å². The topological polar surface area (TPSA) is 66.5 Å². The zero-order chi connectivity index (χ0) is 18.0. The number of carbonyl (C=O) groups excluding carboxylic acids is 1. The van der Waals surface area contributed by atoms with E-state index in [-0.39, 0.29) is 10.1 Å². The van der Waals surface area contributed by atoms with E-state index in [4.69, 9.17) is 11.6 Å². The number of nitrogens with one attached hydrogen (secondary N) is 1. The summed E-state index contributed by atoms with van der Waals surface area (Å²) >= 11 is 6.90. The van der Waals surface area contributed by atoms with Crippen molar-refractivity contribution in [1.29, 1.82) is 0 Å². The molecule has 1 amide bonds. The predicted octanol–water partition coefficient (Wildman–Crippen LogP) is 3.89. The molecule has 2 heterocycles. The highest BCUT2D eigenvalue weighted by Crippen LogP contribution is 2.32. The molecule has 1 saturated heterocycles. The maximum atomic E-state index is 12.9. The van der Waals surface area contributed by atoms with Gasteiger partial charge in [-0.05, 0) is 43.5 Å². The summed E-state index contributed by atoms with van der Waals surface area (Å²) in [6, 6.07) is 9.79. The molecular weight excluding hydrogens is 380 g/mol. The molecule has 3 rings (SSSR count). The smallest absolute Gasteiger partial charge is 0.253 e. The van der Waals surface area contributed by atoms with Gasteiger partial charge in [0.05, 0.1) is 4.34 Å². The molecule has 0 unspecified atom stereocenters. The van der Waals surface area contributed by atoms with Crippen LogP contribution in [0.3, 0.4) is 0 Å². The normalized spacial score (nSPS) is 18.9. The first-order chi connectivity index (χ1) is 11.9. The summed E-state index contributed by atoms with van der Waals surface area (Å²) < 4.78 is 27.8. The molecule has 1 fully saturated rings. The second kappa shape index (κ2) is 7.45. The summed E-state index contributed by atoms with van der Waals surface area (Å²) in [6.07, 6.45) is 2.08. The van der Waals surface area contributed by atoms with Crippen LogP contribution in [0, 0.1) is 6.92 Å². The van der Waals surface area contributed by atoms with E-state index < -0.39 is 16.1 Å². The quantitative estimate of drug-likeness (QED) is 0.849. The van der Waals surface area contributed by atoms with Gasteiger partial charge < -0.3 is 5.32 Å². The van der Waals surface area contributed by atoms with Gasteiger partial charge in [0, 0.05) is 12.2 Å². The van der Waals surface area contributed by atoms with Crippen molar-refractivity contribution < 1.29 is 13.2 Å². The molecule has 2 aromatic rings. The maximum absolute atomic E-state index is 12.9. The van der Waals surface area contributed by atoms with Crippen LogP contribution in [0.25, 0.3) is 0 Å². The summed E-state index contributed by atoms with van der Waals surface area (Å²) in [6.45, 7) is 2.24. The minimum Gasteiger partial charge on any atom is -0.324 e. The van der Waals surface area contributed by atoms with Crippen molar-refractivity contribution in [2.24, 2.45) is 0 Å². The molecule has 1 aliphatic heterocycles. The van der Waals surface area contributed by atoms with Gasteiger partial charge in [-0.2, -0.15) is 4.31 Å². The molecule has 0 aliphatic carbocycles. The van der Waals surface area contributed by atoms with Crippen LogP contribution < -0.4 is 5.32 Å². The Bertz CT molecular complexity index is 880. The lowest BCUT2D eigenvalue weighted by atomic mass is 10.0. The van der Waals surface area contributed by atoms with Crippen LogP contribution >= 0.6 is 22.9 Å². The standard InChI is InChI=1S/C17H19ClN2O3S2/c1-12-6-2-3-7-13(12)19-17(21)14-8-4-5-11-20(14)25(22,23)16-10-9-15(18)24-16/h2-3,6-7,9-10,14H,4-5,8,11H2,1H3,(H,19,21)/t14-/m1/s1. The van der Waals surface area contributed by atoms with Gasteiger partial charge in [-0.25, -0.2) is 8.42 Å². The molecular formula is C17H19ClN2O3S2. The molecule has 0 spiro atoms. The van der Waals surface area contributed by atoms with Gasteiger partial charge in [0.25, 0.3) is 10.0 Å². The zero-order valence-electron chi connectivity index (χ0n) is 13.7. The number of sulfonamides is 1. The van der Waals surface area contributed by atoms with Gasteiger partial charge in [-0.3, -0.25) is 4.79 Å². The van der Waals surface area contributed by atoms with Crippen LogP contribution in [-0.2, 0) is 14.8 Å². The fourth-order valence-corrected chi connectivity index (χ4v) is 6.20. The van der Waals surface area contributed by atoms with E-state index in [1.807, 2.05) is 31.2 Å². The van der Waals surface area contributed by atoms with Crippen LogP contribution in [0.5, 0.6) is 0 Å². The monoisotopic (exact) mass is 398 g/mol. The number of rotatable bonds is 4. The summed E-state index contributed by atoms with van der Waals surface area (Å²) in [5.41, 5.74) is 1.64. The van der Waals surface area contributed by atoms with E-state index in [1.54, 1.807) is 6.07 Å². The minimum absolute atomic E-state index is 0.174. The van der Waals surface area contributed by atoms with Crippen LogP contribution in [0.2, 0.25) is 4.34 Å². The number of carbonyl (C=O) groups is 1. The van der Waals surface area contributed by atoms with Crippen LogP contribution in [0.1, 0.15) is 24.8 Å². The number of nitrogens with zero attached hydrogens (tertiary/aromatic N) is 1. The Morgan fingerprint density at radius 3 is 2.68 bits per heavy atom. The van der Waals surface area contributed by atoms with E-state index in [1.165, 1.54) is 10.4 Å². The van der Waals surface area contributed by atoms with Crippen molar-refractivity contribution in [3.8, 4) is 0 Å². The number of anilines is 1. The second-order valence-electron chi connectivity index (χ2n) is 5.99. The van der Waals surface area contributed by atoms with Gasteiger partial charge in [0.15, 0.2) is 0 Å². The van der Waals surface area contributed by atoms with Crippen molar-refractivity contribution in [3.63, 3.8) is 0 Å². The number of amides is 1. The molecule has 8 heteroatoms. The number of hydrogen-bond acceptors (Lipinski definition) is 4. The van der Waals surface area contributed by atoms with Crippen LogP contribution in [0.15, 0.2) is 40.6 Å². The van der Waals surface area contributed by atoms with E-state index in [9.17, 15) is 13.2 Å². The number of hydrogen-bond donors (Lipinski definition) is 1. The summed E-state index contributed by atoms with van der Waals surface area (Å²) in [7, 11) is -3.73. The largest absolute Gasteiger partial charge is 0.324 e. The number of halogens is 1. The summed E-state index contributed by atoms with van der Waals surface area (Å²) in [4.78, 5) is 12.8.